The summed E-state index contributed by atoms with van der Waals surface area (Å²) in [6.45, 7) is 1.13. The summed E-state index contributed by atoms with van der Waals surface area (Å²) in [5, 5.41) is 2.94. The minimum absolute atomic E-state index is 0.0608. The largest absolute Gasteiger partial charge is 0.493 e. The Morgan fingerprint density at radius 3 is 2.84 bits per heavy atom. The summed E-state index contributed by atoms with van der Waals surface area (Å²) in [6.07, 6.45) is 2.93. The average molecular weight is 264 g/mol. The van der Waals surface area contributed by atoms with Crippen LogP contribution in [0.5, 0.6) is 11.5 Å². The van der Waals surface area contributed by atoms with Gasteiger partial charge in [-0.15, -0.1) is 0 Å². The van der Waals surface area contributed by atoms with Crippen LogP contribution in [-0.2, 0) is 0 Å². The van der Waals surface area contributed by atoms with Crippen LogP contribution in [0.4, 0.5) is 0 Å². The van der Waals surface area contributed by atoms with Gasteiger partial charge in [-0.25, -0.2) is 0 Å². The topological polar surface area (TPSA) is 73.6 Å². The lowest BCUT2D eigenvalue weighted by Crippen LogP contribution is -2.25. The SMILES string of the molecule is COc1cc(C(=O)NC2CC2)ccc1OCCCN. The number of ether oxygens (including phenoxy) is 2. The molecule has 0 unspecified atom stereocenters. The predicted molar refractivity (Wildman–Crippen MR) is 72.6 cm³/mol. The molecular formula is C14H20N2O3. The van der Waals surface area contributed by atoms with Gasteiger partial charge in [0.1, 0.15) is 0 Å². The Labute approximate surface area is 113 Å². The van der Waals surface area contributed by atoms with Gasteiger partial charge in [0.25, 0.3) is 5.91 Å². The van der Waals surface area contributed by atoms with Crippen molar-refractivity contribution in [2.24, 2.45) is 5.73 Å². The van der Waals surface area contributed by atoms with Gasteiger partial charge in [0, 0.05) is 11.6 Å². The summed E-state index contributed by atoms with van der Waals surface area (Å²) in [4.78, 5) is 11.9. The number of benzene rings is 1. The molecule has 1 aromatic rings. The molecule has 0 heterocycles. The van der Waals surface area contributed by atoms with Gasteiger partial charge >= 0.3 is 0 Å². The van der Waals surface area contributed by atoms with Gasteiger partial charge in [-0.3, -0.25) is 4.79 Å². The van der Waals surface area contributed by atoms with Crippen molar-refractivity contribution in [3.63, 3.8) is 0 Å². The first-order chi connectivity index (χ1) is 9.24. The number of nitrogens with two attached hydrogens (primary N) is 1. The molecule has 1 amide bonds. The van der Waals surface area contributed by atoms with E-state index in [0.717, 1.165) is 19.3 Å². The molecule has 0 aromatic heterocycles. The van der Waals surface area contributed by atoms with E-state index in [-0.39, 0.29) is 5.91 Å². The highest BCUT2D eigenvalue weighted by atomic mass is 16.5. The molecule has 0 atom stereocenters. The molecule has 0 spiro atoms. The van der Waals surface area contributed by atoms with E-state index in [9.17, 15) is 4.79 Å². The first-order valence-corrected chi connectivity index (χ1v) is 6.56. The minimum Gasteiger partial charge on any atom is -0.493 e. The third-order valence-electron chi connectivity index (χ3n) is 2.94. The van der Waals surface area contributed by atoms with E-state index in [1.807, 2.05) is 0 Å². The second-order valence-corrected chi connectivity index (χ2v) is 4.60. The average Bonchev–Trinajstić information content (AvgIpc) is 3.23. The summed E-state index contributed by atoms with van der Waals surface area (Å²) in [7, 11) is 1.56. The molecule has 104 valence electrons. The molecule has 1 aliphatic carbocycles. The Bertz CT molecular complexity index is 444. The van der Waals surface area contributed by atoms with E-state index in [1.54, 1.807) is 25.3 Å². The zero-order valence-corrected chi connectivity index (χ0v) is 11.1. The molecular weight excluding hydrogens is 244 g/mol. The molecule has 5 nitrogen and oxygen atoms in total. The Balaban J connectivity index is 2.03. The van der Waals surface area contributed by atoms with Crippen LogP contribution in [0.25, 0.3) is 0 Å². The number of methoxy groups -OCH3 is 1. The normalized spacial score (nSPS) is 14.0. The number of carbonyl (C=O) groups is 1. The Kier molecular flexibility index (Phi) is 4.63. The van der Waals surface area contributed by atoms with Crippen LogP contribution in [0, 0.1) is 0 Å². The molecule has 2 rings (SSSR count). The zero-order valence-electron chi connectivity index (χ0n) is 11.1. The maximum absolute atomic E-state index is 11.9. The van der Waals surface area contributed by atoms with Crippen molar-refractivity contribution < 1.29 is 14.3 Å². The molecule has 1 aromatic carbocycles. The van der Waals surface area contributed by atoms with Crippen LogP contribution in [-0.4, -0.2) is 32.2 Å². The van der Waals surface area contributed by atoms with Crippen molar-refractivity contribution in [2.75, 3.05) is 20.3 Å². The lowest BCUT2D eigenvalue weighted by atomic mass is 10.2. The van der Waals surface area contributed by atoms with Crippen molar-refractivity contribution in [3.05, 3.63) is 23.8 Å². The fourth-order valence-electron chi connectivity index (χ4n) is 1.69. The molecule has 0 radical (unpaired) electrons. The van der Waals surface area contributed by atoms with Gasteiger partial charge < -0.3 is 20.5 Å². The molecule has 1 saturated carbocycles. The lowest BCUT2D eigenvalue weighted by Gasteiger charge is -2.12. The summed E-state index contributed by atoms with van der Waals surface area (Å²) in [6, 6.07) is 5.56. The van der Waals surface area contributed by atoms with E-state index in [1.165, 1.54) is 0 Å². The van der Waals surface area contributed by atoms with E-state index < -0.39 is 0 Å². The quantitative estimate of drug-likeness (QED) is 0.728. The molecule has 0 saturated heterocycles. The summed E-state index contributed by atoms with van der Waals surface area (Å²) in [5.41, 5.74) is 6.01. The number of nitrogens with one attached hydrogen (secondary N) is 1. The van der Waals surface area contributed by atoms with Crippen LogP contribution < -0.4 is 20.5 Å². The standard InChI is InChI=1S/C14H20N2O3/c1-18-13-9-10(14(17)16-11-4-5-11)3-6-12(13)19-8-2-7-15/h3,6,9,11H,2,4-5,7-8,15H2,1H3,(H,16,17). The highest BCUT2D eigenvalue weighted by Gasteiger charge is 2.24. The third-order valence-corrected chi connectivity index (χ3v) is 2.94. The van der Waals surface area contributed by atoms with Gasteiger partial charge in [0.2, 0.25) is 0 Å². The van der Waals surface area contributed by atoms with Crippen molar-refractivity contribution >= 4 is 5.91 Å². The Morgan fingerprint density at radius 2 is 2.21 bits per heavy atom. The van der Waals surface area contributed by atoms with Crippen molar-refractivity contribution in [2.45, 2.75) is 25.3 Å². The van der Waals surface area contributed by atoms with Crippen LogP contribution in [0.3, 0.4) is 0 Å². The van der Waals surface area contributed by atoms with Crippen molar-refractivity contribution in [1.82, 2.24) is 5.32 Å². The Hall–Kier alpha value is -1.75. The molecule has 0 aliphatic heterocycles. The molecule has 3 N–H and O–H groups in total. The third kappa shape index (κ3) is 3.86. The molecule has 5 heteroatoms. The monoisotopic (exact) mass is 264 g/mol. The lowest BCUT2D eigenvalue weighted by molar-refractivity contribution is 0.0950. The second kappa shape index (κ2) is 6.43. The van der Waals surface area contributed by atoms with Crippen LogP contribution in [0.1, 0.15) is 29.6 Å². The summed E-state index contributed by atoms with van der Waals surface area (Å²) in [5.74, 6) is 1.15. The highest BCUT2D eigenvalue weighted by Crippen LogP contribution is 2.28. The fraction of sp³-hybridized carbons (Fsp3) is 0.500. The number of hydrogen-bond acceptors (Lipinski definition) is 4. The summed E-state index contributed by atoms with van der Waals surface area (Å²) < 4.78 is 10.8. The van der Waals surface area contributed by atoms with Gasteiger partial charge in [-0.2, -0.15) is 0 Å². The maximum atomic E-state index is 11.9. The van der Waals surface area contributed by atoms with Crippen LogP contribution >= 0.6 is 0 Å². The number of rotatable bonds is 7. The predicted octanol–water partition coefficient (Wildman–Crippen LogP) is 1.31. The first-order valence-electron chi connectivity index (χ1n) is 6.56. The van der Waals surface area contributed by atoms with Crippen molar-refractivity contribution in [1.29, 1.82) is 0 Å². The van der Waals surface area contributed by atoms with E-state index >= 15 is 0 Å². The smallest absolute Gasteiger partial charge is 0.251 e. The van der Waals surface area contributed by atoms with E-state index in [0.29, 0.717) is 36.3 Å². The summed E-state index contributed by atoms with van der Waals surface area (Å²) >= 11 is 0. The fourth-order valence-corrected chi connectivity index (χ4v) is 1.69. The Morgan fingerprint density at radius 1 is 1.42 bits per heavy atom. The molecule has 1 fully saturated rings. The molecule has 19 heavy (non-hydrogen) atoms. The second-order valence-electron chi connectivity index (χ2n) is 4.60. The number of amides is 1. The van der Waals surface area contributed by atoms with E-state index in [2.05, 4.69) is 5.32 Å². The first kappa shape index (κ1) is 13.7. The number of carbonyl (C=O) groups excluding carboxylic acids is 1. The maximum Gasteiger partial charge on any atom is 0.251 e. The minimum atomic E-state index is -0.0608. The molecule has 1 aliphatic rings. The van der Waals surface area contributed by atoms with E-state index in [4.69, 9.17) is 15.2 Å². The van der Waals surface area contributed by atoms with Gasteiger partial charge in [0.05, 0.1) is 13.7 Å². The van der Waals surface area contributed by atoms with Crippen molar-refractivity contribution in [3.8, 4) is 11.5 Å². The zero-order chi connectivity index (χ0) is 13.7. The number of hydrogen-bond donors (Lipinski definition) is 2. The molecule has 0 bridgehead atoms. The highest BCUT2D eigenvalue weighted by molar-refractivity contribution is 5.95. The van der Waals surface area contributed by atoms with Gasteiger partial charge in [-0.05, 0) is 44.0 Å². The van der Waals surface area contributed by atoms with Gasteiger partial charge in [0.15, 0.2) is 11.5 Å². The van der Waals surface area contributed by atoms with Crippen LogP contribution in [0.15, 0.2) is 18.2 Å². The van der Waals surface area contributed by atoms with Gasteiger partial charge in [-0.1, -0.05) is 0 Å². The van der Waals surface area contributed by atoms with Crippen LogP contribution in [0.2, 0.25) is 0 Å².